The SMILES string of the molecule is CCc1cc(-c2cccc3ccccc23)c(C#N)c(=S)n1[C@@H]1O[C@@H](CO)[C@@H](O)[C@@H](O)[C@@H]1O. The largest absolute Gasteiger partial charge is 0.394 e. The second kappa shape index (κ2) is 9.08. The van der Waals surface area contributed by atoms with E-state index in [4.69, 9.17) is 17.0 Å². The number of pyridine rings is 1. The third-order valence-corrected chi connectivity index (χ3v) is 6.40. The van der Waals surface area contributed by atoms with Crippen LogP contribution in [0.2, 0.25) is 0 Å². The van der Waals surface area contributed by atoms with Crippen LogP contribution in [0.3, 0.4) is 0 Å². The minimum atomic E-state index is -1.54. The predicted octanol–water partition coefficient (Wildman–Crippen LogP) is 2.44. The van der Waals surface area contributed by atoms with Gasteiger partial charge in [-0.25, -0.2) is 0 Å². The van der Waals surface area contributed by atoms with Gasteiger partial charge in [0, 0.05) is 11.3 Å². The molecule has 0 spiro atoms. The Morgan fingerprint density at radius 3 is 2.44 bits per heavy atom. The number of hydrogen-bond acceptors (Lipinski definition) is 7. The van der Waals surface area contributed by atoms with Crippen LogP contribution in [-0.4, -0.2) is 56.0 Å². The lowest BCUT2D eigenvalue weighted by Gasteiger charge is -2.41. The highest BCUT2D eigenvalue weighted by Crippen LogP contribution is 2.36. The van der Waals surface area contributed by atoms with Crippen LogP contribution in [0.1, 0.15) is 24.4 Å². The molecule has 1 aliphatic heterocycles. The molecule has 8 heteroatoms. The first-order valence-corrected chi connectivity index (χ1v) is 10.8. The zero-order valence-electron chi connectivity index (χ0n) is 17.4. The molecule has 1 saturated heterocycles. The van der Waals surface area contributed by atoms with E-state index in [1.807, 2.05) is 55.5 Å². The van der Waals surface area contributed by atoms with E-state index in [1.165, 1.54) is 4.57 Å². The molecule has 0 aliphatic carbocycles. The summed E-state index contributed by atoms with van der Waals surface area (Å²) in [6.07, 6.45) is -6.26. The van der Waals surface area contributed by atoms with Crippen molar-refractivity contribution in [3.63, 3.8) is 0 Å². The summed E-state index contributed by atoms with van der Waals surface area (Å²) >= 11 is 5.67. The fourth-order valence-electron chi connectivity index (χ4n) is 4.30. The molecule has 0 saturated carbocycles. The maximum Gasteiger partial charge on any atom is 0.164 e. The summed E-state index contributed by atoms with van der Waals surface area (Å²) in [5.41, 5.74) is 2.46. The molecule has 4 N–H and O–H groups in total. The maximum absolute atomic E-state index is 10.6. The molecule has 0 unspecified atom stereocenters. The van der Waals surface area contributed by atoms with Gasteiger partial charge in [-0.3, -0.25) is 0 Å². The van der Waals surface area contributed by atoms with Crippen molar-refractivity contribution in [2.75, 3.05) is 6.61 Å². The van der Waals surface area contributed by atoms with Crippen LogP contribution in [0.15, 0.2) is 48.5 Å². The molecule has 5 atom stereocenters. The molecule has 1 fully saturated rings. The molecule has 166 valence electrons. The zero-order valence-corrected chi connectivity index (χ0v) is 18.2. The van der Waals surface area contributed by atoms with Crippen molar-refractivity contribution in [2.24, 2.45) is 0 Å². The Labute approximate surface area is 190 Å². The molecule has 1 aliphatic rings. The van der Waals surface area contributed by atoms with E-state index in [2.05, 4.69) is 6.07 Å². The number of aliphatic hydroxyl groups is 4. The van der Waals surface area contributed by atoms with Crippen molar-refractivity contribution in [3.05, 3.63) is 64.4 Å². The summed E-state index contributed by atoms with van der Waals surface area (Å²) < 4.78 is 7.39. The molecular formula is C24H24N2O5S. The van der Waals surface area contributed by atoms with Gasteiger partial charge in [0.25, 0.3) is 0 Å². The van der Waals surface area contributed by atoms with Crippen LogP contribution in [0.25, 0.3) is 21.9 Å². The van der Waals surface area contributed by atoms with Crippen LogP contribution in [0.5, 0.6) is 0 Å². The van der Waals surface area contributed by atoms with Gasteiger partial charge in [0.1, 0.15) is 35.1 Å². The number of aryl methyl sites for hydroxylation is 1. The molecule has 2 heterocycles. The molecule has 3 aromatic rings. The average molecular weight is 453 g/mol. The first-order valence-electron chi connectivity index (χ1n) is 10.4. The van der Waals surface area contributed by atoms with Gasteiger partial charge in [-0.1, -0.05) is 61.6 Å². The predicted molar refractivity (Wildman–Crippen MR) is 121 cm³/mol. The molecule has 7 nitrogen and oxygen atoms in total. The van der Waals surface area contributed by atoms with Gasteiger partial charge < -0.3 is 29.7 Å². The van der Waals surface area contributed by atoms with Crippen LogP contribution in [-0.2, 0) is 11.2 Å². The third kappa shape index (κ3) is 3.63. The van der Waals surface area contributed by atoms with Crippen molar-refractivity contribution in [2.45, 2.75) is 44.0 Å². The average Bonchev–Trinajstić information content (AvgIpc) is 2.82. The number of fused-ring (bicyclic) bond motifs is 1. The molecular weight excluding hydrogens is 428 g/mol. The number of aliphatic hydroxyl groups excluding tert-OH is 4. The van der Waals surface area contributed by atoms with Crippen molar-refractivity contribution >= 4 is 23.0 Å². The summed E-state index contributed by atoms with van der Waals surface area (Å²) in [6, 6.07) is 17.8. The van der Waals surface area contributed by atoms with E-state index >= 15 is 0 Å². The fraction of sp³-hybridized carbons (Fsp3) is 0.333. The Hall–Kier alpha value is -2.64. The van der Waals surface area contributed by atoms with Gasteiger partial charge in [0.2, 0.25) is 0 Å². The molecule has 0 bridgehead atoms. The number of nitriles is 1. The van der Waals surface area contributed by atoms with Gasteiger partial charge in [0.15, 0.2) is 6.23 Å². The Morgan fingerprint density at radius 1 is 1.03 bits per heavy atom. The monoisotopic (exact) mass is 452 g/mol. The van der Waals surface area contributed by atoms with E-state index in [-0.39, 0.29) is 10.2 Å². The highest BCUT2D eigenvalue weighted by molar-refractivity contribution is 7.71. The molecule has 0 radical (unpaired) electrons. The topological polar surface area (TPSA) is 119 Å². The van der Waals surface area contributed by atoms with Crippen molar-refractivity contribution < 1.29 is 25.2 Å². The van der Waals surface area contributed by atoms with Gasteiger partial charge >= 0.3 is 0 Å². The molecule has 32 heavy (non-hydrogen) atoms. The minimum absolute atomic E-state index is 0.152. The number of nitrogens with zero attached hydrogens (tertiary/aromatic N) is 2. The lowest BCUT2D eigenvalue weighted by molar-refractivity contribution is -0.252. The normalized spacial score (nSPS) is 25.6. The van der Waals surface area contributed by atoms with E-state index in [0.29, 0.717) is 17.7 Å². The van der Waals surface area contributed by atoms with Crippen LogP contribution < -0.4 is 0 Å². The van der Waals surface area contributed by atoms with E-state index in [9.17, 15) is 25.7 Å². The third-order valence-electron chi connectivity index (χ3n) is 6.00. The van der Waals surface area contributed by atoms with Gasteiger partial charge in [-0.15, -0.1) is 0 Å². The number of rotatable bonds is 4. The van der Waals surface area contributed by atoms with Gasteiger partial charge in [-0.2, -0.15) is 5.26 Å². The summed E-state index contributed by atoms with van der Waals surface area (Å²) in [5.74, 6) is 0. The van der Waals surface area contributed by atoms with Crippen LogP contribution >= 0.6 is 12.2 Å². The molecule has 0 amide bonds. The first kappa shape index (κ1) is 22.6. The Kier molecular flexibility index (Phi) is 6.40. The smallest absolute Gasteiger partial charge is 0.164 e. The number of aromatic nitrogens is 1. The van der Waals surface area contributed by atoms with Gasteiger partial charge in [0.05, 0.1) is 12.2 Å². The first-order chi connectivity index (χ1) is 15.4. The highest BCUT2D eigenvalue weighted by Gasteiger charge is 2.44. The quantitative estimate of drug-likeness (QED) is 0.449. The molecule has 4 rings (SSSR count). The van der Waals surface area contributed by atoms with E-state index in [0.717, 1.165) is 16.3 Å². The number of benzene rings is 2. The molecule has 1 aromatic heterocycles. The van der Waals surface area contributed by atoms with Gasteiger partial charge in [-0.05, 0) is 28.8 Å². The fourth-order valence-corrected chi connectivity index (χ4v) is 4.68. The number of ether oxygens (including phenoxy) is 1. The van der Waals surface area contributed by atoms with Crippen LogP contribution in [0.4, 0.5) is 0 Å². The van der Waals surface area contributed by atoms with E-state index < -0.39 is 37.3 Å². The summed E-state index contributed by atoms with van der Waals surface area (Å²) in [7, 11) is 0. The standard InChI is InChI=1S/C24H24N2O5S/c1-2-14-10-17(16-9-5-7-13-6-3-4-8-15(13)16)18(11-25)24(32)26(14)23-22(30)21(29)20(28)19(12-27)31-23/h3-10,19-23,27-30H,2,12H2,1H3/t19-,20+,21+,22-,23+/m0/s1. The summed E-state index contributed by atoms with van der Waals surface area (Å²) in [6.45, 7) is 1.36. The minimum Gasteiger partial charge on any atom is -0.394 e. The van der Waals surface area contributed by atoms with Crippen molar-refractivity contribution in [3.8, 4) is 17.2 Å². The Balaban J connectivity index is 1.94. The van der Waals surface area contributed by atoms with Crippen LogP contribution in [0, 0.1) is 16.0 Å². The Morgan fingerprint density at radius 2 is 1.75 bits per heavy atom. The maximum atomic E-state index is 10.6. The second-order valence-electron chi connectivity index (χ2n) is 7.81. The zero-order chi connectivity index (χ0) is 23.0. The summed E-state index contributed by atoms with van der Waals surface area (Å²) in [4.78, 5) is 0. The lowest BCUT2D eigenvalue weighted by atomic mass is 9.94. The number of hydrogen-bond donors (Lipinski definition) is 4. The van der Waals surface area contributed by atoms with E-state index in [1.54, 1.807) is 0 Å². The lowest BCUT2D eigenvalue weighted by Crippen LogP contribution is -2.56. The highest BCUT2D eigenvalue weighted by atomic mass is 32.1. The van der Waals surface area contributed by atoms with Crippen molar-refractivity contribution in [1.29, 1.82) is 5.26 Å². The summed E-state index contributed by atoms with van der Waals surface area (Å²) in [5, 5.41) is 52.6. The Bertz CT molecular complexity index is 1240. The van der Waals surface area contributed by atoms with Crippen molar-refractivity contribution in [1.82, 2.24) is 4.57 Å². The molecule has 2 aromatic carbocycles. The second-order valence-corrected chi connectivity index (χ2v) is 8.20.